The number of nitrogens with zero attached hydrogens (tertiary/aromatic N) is 1. The minimum absolute atomic E-state index is 0.0261. The van der Waals surface area contributed by atoms with E-state index in [2.05, 4.69) is 5.32 Å². The Kier molecular flexibility index (Phi) is 5.20. The summed E-state index contributed by atoms with van der Waals surface area (Å²) in [4.78, 5) is 49.9. The highest BCUT2D eigenvalue weighted by Gasteiger charge is 2.36. The number of hydrogen-bond acceptors (Lipinski definition) is 5. The molecule has 0 aromatic heterocycles. The number of anilines is 1. The summed E-state index contributed by atoms with van der Waals surface area (Å²) in [6.45, 7) is 4.07. The highest BCUT2D eigenvalue weighted by molar-refractivity contribution is 6.31. The van der Waals surface area contributed by atoms with Crippen molar-refractivity contribution in [2.24, 2.45) is 5.92 Å². The van der Waals surface area contributed by atoms with Crippen LogP contribution < -0.4 is 10.4 Å². The average Bonchev–Trinajstić information content (AvgIpc) is 2.85. The third kappa shape index (κ3) is 3.61. The quantitative estimate of drug-likeness (QED) is 0.776. The summed E-state index contributed by atoms with van der Waals surface area (Å²) < 4.78 is 0. The summed E-state index contributed by atoms with van der Waals surface area (Å²) in [5, 5.41) is 13.9. The van der Waals surface area contributed by atoms with E-state index < -0.39 is 23.7 Å². The van der Waals surface area contributed by atoms with Crippen molar-refractivity contribution in [2.45, 2.75) is 13.8 Å². The second-order valence-corrected chi connectivity index (χ2v) is 7.24. The van der Waals surface area contributed by atoms with Crippen molar-refractivity contribution < 1.29 is 24.3 Å². The molecule has 8 heteroatoms. The lowest BCUT2D eigenvalue weighted by molar-refractivity contribution is -0.254. The first kappa shape index (κ1) is 19.6. The van der Waals surface area contributed by atoms with Gasteiger partial charge in [-0.25, -0.2) is 0 Å². The maximum absolute atomic E-state index is 12.6. The van der Waals surface area contributed by atoms with Gasteiger partial charge in [-0.1, -0.05) is 25.4 Å². The average molecular weight is 400 g/mol. The third-order valence-corrected chi connectivity index (χ3v) is 4.47. The van der Waals surface area contributed by atoms with Gasteiger partial charge in [0, 0.05) is 22.7 Å². The Morgan fingerprint density at radius 2 is 1.75 bits per heavy atom. The maximum Gasteiger partial charge on any atom is 0.261 e. The Morgan fingerprint density at radius 3 is 2.39 bits per heavy atom. The number of carboxylic acids is 1. The van der Waals surface area contributed by atoms with Gasteiger partial charge in [0.05, 0.1) is 22.8 Å². The zero-order chi connectivity index (χ0) is 20.6. The van der Waals surface area contributed by atoms with E-state index in [4.69, 9.17) is 11.6 Å². The summed E-state index contributed by atoms with van der Waals surface area (Å²) >= 11 is 5.87. The van der Waals surface area contributed by atoms with Crippen LogP contribution in [0.15, 0.2) is 36.4 Å². The summed E-state index contributed by atoms with van der Waals surface area (Å²) in [5.74, 6) is -2.85. The molecule has 0 fully saturated rings. The number of aromatic carboxylic acids is 1. The first-order valence-corrected chi connectivity index (χ1v) is 8.89. The fourth-order valence-corrected chi connectivity index (χ4v) is 3.13. The van der Waals surface area contributed by atoms with E-state index in [-0.39, 0.29) is 45.4 Å². The second kappa shape index (κ2) is 7.44. The van der Waals surface area contributed by atoms with Crippen LogP contribution in [0.25, 0.3) is 0 Å². The molecule has 28 heavy (non-hydrogen) atoms. The normalized spacial score (nSPS) is 13.1. The van der Waals surface area contributed by atoms with Gasteiger partial charge in [-0.3, -0.25) is 19.3 Å². The number of amides is 3. The van der Waals surface area contributed by atoms with Crippen LogP contribution in [0.2, 0.25) is 5.02 Å². The van der Waals surface area contributed by atoms with Crippen LogP contribution in [0, 0.1) is 5.92 Å². The largest absolute Gasteiger partial charge is 0.545 e. The van der Waals surface area contributed by atoms with Crippen molar-refractivity contribution in [3.8, 4) is 0 Å². The van der Waals surface area contributed by atoms with E-state index >= 15 is 0 Å². The predicted molar refractivity (Wildman–Crippen MR) is 100 cm³/mol. The van der Waals surface area contributed by atoms with Crippen LogP contribution in [-0.2, 0) is 0 Å². The van der Waals surface area contributed by atoms with Crippen LogP contribution in [0.3, 0.4) is 0 Å². The topological polar surface area (TPSA) is 107 Å². The van der Waals surface area contributed by atoms with E-state index in [0.29, 0.717) is 0 Å². The molecule has 1 aliphatic heterocycles. The standard InChI is InChI=1S/C20H17ClN2O5/c1-10(2)9-23-18(25)13-5-3-11(7-15(13)19(23)26)17(24)22-16-8-12(21)4-6-14(16)20(27)28/h3-8,10H,9H2,1-2H3,(H,22,24)(H,27,28)/p-1. The molecule has 0 spiro atoms. The minimum atomic E-state index is -1.47. The van der Waals surface area contributed by atoms with E-state index in [9.17, 15) is 24.3 Å². The molecular formula is C20H16ClN2O5-. The number of nitrogens with one attached hydrogen (secondary N) is 1. The molecule has 2 aromatic carbocycles. The van der Waals surface area contributed by atoms with Crippen molar-refractivity contribution in [2.75, 3.05) is 11.9 Å². The highest BCUT2D eigenvalue weighted by Crippen LogP contribution is 2.26. The molecule has 144 valence electrons. The van der Waals surface area contributed by atoms with Gasteiger partial charge in [0.1, 0.15) is 0 Å². The van der Waals surface area contributed by atoms with Gasteiger partial charge in [-0.15, -0.1) is 0 Å². The summed E-state index contributed by atoms with van der Waals surface area (Å²) in [5.41, 5.74) is 0.232. The van der Waals surface area contributed by atoms with E-state index in [1.54, 1.807) is 0 Å². The zero-order valence-corrected chi connectivity index (χ0v) is 15.9. The van der Waals surface area contributed by atoms with Crippen molar-refractivity contribution >= 4 is 41.0 Å². The van der Waals surface area contributed by atoms with Gasteiger partial charge in [0.25, 0.3) is 17.7 Å². The van der Waals surface area contributed by atoms with Crippen molar-refractivity contribution in [3.05, 3.63) is 63.7 Å². The number of carboxylic acid groups (broad SMARTS) is 1. The molecule has 1 aliphatic rings. The molecule has 0 saturated carbocycles. The molecule has 0 aliphatic carbocycles. The number of hydrogen-bond donors (Lipinski definition) is 1. The first-order valence-electron chi connectivity index (χ1n) is 8.51. The van der Waals surface area contributed by atoms with Crippen LogP contribution in [0.5, 0.6) is 0 Å². The molecular weight excluding hydrogens is 384 g/mol. The molecule has 3 amide bonds. The number of fused-ring (bicyclic) bond motifs is 1. The fourth-order valence-electron chi connectivity index (χ4n) is 2.96. The summed E-state index contributed by atoms with van der Waals surface area (Å²) in [6, 6.07) is 8.03. The van der Waals surface area contributed by atoms with Crippen LogP contribution in [0.4, 0.5) is 5.69 Å². The summed E-state index contributed by atoms with van der Waals surface area (Å²) in [7, 11) is 0. The molecule has 0 saturated heterocycles. The molecule has 1 heterocycles. The number of halogens is 1. The molecule has 1 N–H and O–H groups in total. The number of rotatable bonds is 5. The molecule has 3 rings (SSSR count). The number of carbonyl (C=O) groups excluding carboxylic acids is 4. The Hall–Kier alpha value is -3.19. The Balaban J connectivity index is 1.90. The smallest absolute Gasteiger partial charge is 0.261 e. The van der Waals surface area contributed by atoms with Crippen LogP contribution in [-0.4, -0.2) is 35.1 Å². The van der Waals surface area contributed by atoms with Gasteiger partial charge in [-0.2, -0.15) is 0 Å². The van der Waals surface area contributed by atoms with Crippen molar-refractivity contribution in [1.29, 1.82) is 0 Å². The van der Waals surface area contributed by atoms with Crippen molar-refractivity contribution in [1.82, 2.24) is 4.90 Å². The lowest BCUT2D eigenvalue weighted by Gasteiger charge is -2.15. The highest BCUT2D eigenvalue weighted by atomic mass is 35.5. The van der Waals surface area contributed by atoms with Crippen molar-refractivity contribution in [3.63, 3.8) is 0 Å². The molecule has 0 atom stereocenters. The van der Waals surface area contributed by atoms with E-state index in [1.807, 2.05) is 13.8 Å². The third-order valence-electron chi connectivity index (χ3n) is 4.23. The van der Waals surface area contributed by atoms with Gasteiger partial charge in [-0.05, 0) is 42.3 Å². The zero-order valence-electron chi connectivity index (χ0n) is 15.1. The SMILES string of the molecule is CC(C)CN1C(=O)c2ccc(C(=O)Nc3cc(Cl)ccc3C(=O)[O-])cc2C1=O. The number of benzene rings is 2. The molecule has 7 nitrogen and oxygen atoms in total. The minimum Gasteiger partial charge on any atom is -0.545 e. The molecule has 0 bridgehead atoms. The molecule has 2 aromatic rings. The second-order valence-electron chi connectivity index (χ2n) is 6.81. The van der Waals surface area contributed by atoms with Crippen LogP contribution in [0.1, 0.15) is 55.3 Å². The fraction of sp³-hybridized carbons (Fsp3) is 0.200. The Labute approximate surface area is 165 Å². The van der Waals surface area contributed by atoms with Crippen LogP contribution >= 0.6 is 11.6 Å². The lowest BCUT2D eigenvalue weighted by atomic mass is 10.0. The van der Waals surface area contributed by atoms with E-state index in [1.165, 1.54) is 36.4 Å². The molecule has 0 unspecified atom stereocenters. The maximum atomic E-state index is 12.6. The van der Waals surface area contributed by atoms with Gasteiger partial charge < -0.3 is 15.2 Å². The summed E-state index contributed by atoms with van der Waals surface area (Å²) in [6.07, 6.45) is 0. The lowest BCUT2D eigenvalue weighted by Crippen LogP contribution is -2.33. The number of imide groups is 1. The van der Waals surface area contributed by atoms with Gasteiger partial charge in [0.2, 0.25) is 0 Å². The predicted octanol–water partition coefficient (Wildman–Crippen LogP) is 2.21. The molecule has 0 radical (unpaired) electrons. The van der Waals surface area contributed by atoms with Gasteiger partial charge >= 0.3 is 0 Å². The Morgan fingerprint density at radius 1 is 1.07 bits per heavy atom. The van der Waals surface area contributed by atoms with Gasteiger partial charge in [0.15, 0.2) is 0 Å². The first-order chi connectivity index (χ1) is 13.2. The van der Waals surface area contributed by atoms with E-state index in [0.717, 1.165) is 4.90 Å². The number of carbonyl (C=O) groups is 4. The Bertz CT molecular complexity index is 1020. The monoisotopic (exact) mass is 399 g/mol.